The Kier molecular flexibility index (Phi) is 7.25. The molecule has 0 aliphatic carbocycles. The van der Waals surface area contributed by atoms with Gasteiger partial charge in [0.1, 0.15) is 0 Å². The number of anilines is 2. The van der Waals surface area contributed by atoms with Crippen LogP contribution < -0.4 is 4.90 Å². The number of nitrogens with zero attached hydrogens (tertiary/aromatic N) is 4. The lowest BCUT2D eigenvalue weighted by atomic mass is 9.98. The van der Waals surface area contributed by atoms with Crippen molar-refractivity contribution in [2.45, 2.75) is 51.0 Å². The third-order valence-corrected chi connectivity index (χ3v) is 7.23. The minimum atomic E-state index is -0.0636. The van der Waals surface area contributed by atoms with Crippen molar-refractivity contribution < 1.29 is 9.21 Å². The number of aromatic nitrogens is 3. The molecule has 0 bridgehead atoms. The van der Waals surface area contributed by atoms with Crippen LogP contribution in [0.5, 0.6) is 0 Å². The Morgan fingerprint density at radius 3 is 2.67 bits per heavy atom. The molecule has 4 rings (SSSR count). The summed E-state index contributed by atoms with van der Waals surface area (Å²) in [4.78, 5) is 18.8. The van der Waals surface area contributed by atoms with E-state index >= 15 is 0 Å². The molecule has 8 heteroatoms. The predicted molar refractivity (Wildman–Crippen MR) is 133 cm³/mol. The molecule has 1 atom stereocenters. The Balaban J connectivity index is 1.41. The summed E-state index contributed by atoms with van der Waals surface area (Å²) < 4.78 is 5.84. The highest BCUT2D eigenvalue weighted by atomic mass is 32.2. The van der Waals surface area contributed by atoms with Crippen LogP contribution in [0.2, 0.25) is 0 Å². The molecule has 0 spiro atoms. The standard InChI is InChI=1S/C25H26N4O2S2/c1-16-9-8-12-22(18(16)3)29(19(4)30)24-26-21(14-32-24)15-33-25-28-27-23(31-25)13-17(2)20-10-6-5-7-11-20/h5-12,14,17H,13,15H2,1-4H3. The van der Waals surface area contributed by atoms with Gasteiger partial charge in [-0.15, -0.1) is 21.5 Å². The average molecular weight is 479 g/mol. The zero-order chi connectivity index (χ0) is 23.4. The molecular weight excluding hydrogens is 452 g/mol. The maximum atomic E-state index is 12.4. The highest BCUT2D eigenvalue weighted by Crippen LogP contribution is 2.34. The van der Waals surface area contributed by atoms with Gasteiger partial charge in [0.15, 0.2) is 5.13 Å². The SMILES string of the molecule is CC(=O)N(c1nc(CSc2nnc(CC(C)c3ccccc3)o2)cs1)c1cccc(C)c1C. The second-order valence-electron chi connectivity index (χ2n) is 7.96. The normalized spacial score (nSPS) is 12.0. The molecule has 0 saturated heterocycles. The van der Waals surface area contributed by atoms with Gasteiger partial charge in [0.05, 0.1) is 11.4 Å². The van der Waals surface area contributed by atoms with E-state index in [0.717, 1.165) is 22.5 Å². The van der Waals surface area contributed by atoms with Gasteiger partial charge in [0.2, 0.25) is 11.8 Å². The second kappa shape index (κ2) is 10.3. The van der Waals surface area contributed by atoms with Gasteiger partial charge in [-0.05, 0) is 42.5 Å². The Morgan fingerprint density at radius 1 is 1.12 bits per heavy atom. The first-order valence-electron chi connectivity index (χ1n) is 10.7. The van der Waals surface area contributed by atoms with Crippen molar-refractivity contribution in [1.29, 1.82) is 0 Å². The summed E-state index contributed by atoms with van der Waals surface area (Å²) in [5.74, 6) is 1.45. The van der Waals surface area contributed by atoms with Crippen LogP contribution in [0.3, 0.4) is 0 Å². The number of hydrogen-bond acceptors (Lipinski definition) is 7. The van der Waals surface area contributed by atoms with Crippen molar-refractivity contribution >= 4 is 39.8 Å². The maximum absolute atomic E-state index is 12.4. The summed E-state index contributed by atoms with van der Waals surface area (Å²) >= 11 is 2.91. The first kappa shape index (κ1) is 23.2. The molecule has 6 nitrogen and oxygen atoms in total. The lowest BCUT2D eigenvalue weighted by molar-refractivity contribution is -0.115. The van der Waals surface area contributed by atoms with E-state index in [2.05, 4.69) is 29.3 Å². The van der Waals surface area contributed by atoms with Crippen molar-refractivity contribution in [1.82, 2.24) is 15.2 Å². The van der Waals surface area contributed by atoms with E-state index < -0.39 is 0 Å². The number of thiazole rings is 1. The number of benzene rings is 2. The van der Waals surface area contributed by atoms with Gasteiger partial charge in [-0.1, -0.05) is 61.2 Å². The van der Waals surface area contributed by atoms with Crippen molar-refractivity contribution in [2.24, 2.45) is 0 Å². The number of rotatable bonds is 8. The fraction of sp³-hybridized carbons (Fsp3) is 0.280. The monoisotopic (exact) mass is 478 g/mol. The molecule has 0 radical (unpaired) electrons. The third-order valence-electron chi connectivity index (χ3n) is 5.50. The third kappa shape index (κ3) is 5.51. The quantitative estimate of drug-likeness (QED) is 0.270. The molecule has 4 aromatic rings. The smallest absolute Gasteiger partial charge is 0.276 e. The molecule has 0 N–H and O–H groups in total. The first-order valence-corrected chi connectivity index (χ1v) is 12.6. The van der Waals surface area contributed by atoms with Gasteiger partial charge in [-0.2, -0.15) is 0 Å². The fourth-order valence-corrected chi connectivity index (χ4v) is 5.18. The zero-order valence-corrected chi connectivity index (χ0v) is 20.7. The highest BCUT2D eigenvalue weighted by molar-refractivity contribution is 7.98. The molecule has 2 aromatic heterocycles. The van der Waals surface area contributed by atoms with Crippen LogP contribution >= 0.6 is 23.1 Å². The summed E-state index contributed by atoms with van der Waals surface area (Å²) in [5.41, 5.74) is 5.19. The van der Waals surface area contributed by atoms with Gasteiger partial charge >= 0.3 is 0 Å². The molecule has 1 unspecified atom stereocenters. The Morgan fingerprint density at radius 2 is 1.91 bits per heavy atom. The highest BCUT2D eigenvalue weighted by Gasteiger charge is 2.20. The number of amides is 1. The summed E-state index contributed by atoms with van der Waals surface area (Å²) in [7, 11) is 0. The molecule has 2 aromatic carbocycles. The Bertz CT molecular complexity index is 1240. The zero-order valence-electron chi connectivity index (χ0n) is 19.1. The summed E-state index contributed by atoms with van der Waals surface area (Å²) in [6.45, 7) is 7.78. The summed E-state index contributed by atoms with van der Waals surface area (Å²) in [6.07, 6.45) is 0.696. The predicted octanol–water partition coefficient (Wildman–Crippen LogP) is 6.47. The molecule has 0 fully saturated rings. The largest absolute Gasteiger partial charge is 0.416 e. The van der Waals surface area contributed by atoms with Crippen molar-refractivity contribution in [3.8, 4) is 0 Å². The lowest BCUT2D eigenvalue weighted by Gasteiger charge is -2.21. The maximum Gasteiger partial charge on any atom is 0.276 e. The van der Waals surface area contributed by atoms with Crippen molar-refractivity contribution in [3.63, 3.8) is 0 Å². The molecule has 1 amide bonds. The summed E-state index contributed by atoms with van der Waals surface area (Å²) in [6, 6.07) is 16.3. The number of carbonyl (C=O) groups excluding carboxylic acids is 1. The minimum absolute atomic E-state index is 0.0636. The second-order valence-corrected chi connectivity index (χ2v) is 9.72. The minimum Gasteiger partial charge on any atom is -0.416 e. The summed E-state index contributed by atoms with van der Waals surface area (Å²) in [5, 5.41) is 11.5. The number of aryl methyl sites for hydroxylation is 1. The lowest BCUT2D eigenvalue weighted by Crippen LogP contribution is -2.23. The van der Waals surface area contributed by atoms with Crippen LogP contribution in [0, 0.1) is 13.8 Å². The average Bonchev–Trinajstić information content (AvgIpc) is 3.45. The van der Waals surface area contributed by atoms with E-state index in [1.807, 2.05) is 55.6 Å². The van der Waals surface area contributed by atoms with Crippen LogP contribution in [0.1, 0.15) is 48.0 Å². The van der Waals surface area contributed by atoms with Gasteiger partial charge in [-0.3, -0.25) is 9.69 Å². The molecule has 0 aliphatic heterocycles. The van der Waals surface area contributed by atoms with Crippen molar-refractivity contribution in [3.05, 3.63) is 82.2 Å². The van der Waals surface area contributed by atoms with Crippen LogP contribution in [-0.2, 0) is 17.0 Å². The van der Waals surface area contributed by atoms with E-state index in [9.17, 15) is 4.79 Å². The number of carbonyl (C=O) groups is 1. The fourth-order valence-electron chi connectivity index (χ4n) is 3.53. The van der Waals surface area contributed by atoms with Crippen LogP contribution in [0.4, 0.5) is 10.8 Å². The number of hydrogen-bond donors (Lipinski definition) is 0. The van der Waals surface area contributed by atoms with Gasteiger partial charge in [0, 0.05) is 24.5 Å². The van der Waals surface area contributed by atoms with E-state index in [0.29, 0.717) is 34.3 Å². The van der Waals surface area contributed by atoms with Gasteiger partial charge in [-0.25, -0.2) is 4.98 Å². The molecule has 170 valence electrons. The van der Waals surface area contributed by atoms with Gasteiger partial charge in [0.25, 0.3) is 5.22 Å². The molecule has 2 heterocycles. The molecule has 0 aliphatic rings. The first-order chi connectivity index (χ1) is 15.9. The van der Waals surface area contributed by atoms with E-state index in [4.69, 9.17) is 9.40 Å². The van der Waals surface area contributed by atoms with E-state index in [1.54, 1.807) is 11.8 Å². The Hall–Kier alpha value is -2.97. The van der Waals surface area contributed by atoms with Crippen LogP contribution in [0.15, 0.2) is 63.6 Å². The van der Waals surface area contributed by atoms with Gasteiger partial charge < -0.3 is 4.42 Å². The Labute approximate surface area is 202 Å². The van der Waals surface area contributed by atoms with Crippen LogP contribution in [0.25, 0.3) is 0 Å². The van der Waals surface area contributed by atoms with Crippen molar-refractivity contribution in [2.75, 3.05) is 4.90 Å². The molecular formula is C25H26N4O2S2. The van der Waals surface area contributed by atoms with E-state index in [-0.39, 0.29) is 5.91 Å². The molecule has 0 saturated carbocycles. The topological polar surface area (TPSA) is 72.1 Å². The van der Waals surface area contributed by atoms with E-state index in [1.165, 1.54) is 28.7 Å². The molecule has 33 heavy (non-hydrogen) atoms. The van der Waals surface area contributed by atoms with Crippen LogP contribution in [-0.4, -0.2) is 21.1 Å². The number of thioether (sulfide) groups is 1.